The van der Waals surface area contributed by atoms with Crippen LogP contribution in [0.3, 0.4) is 0 Å². The van der Waals surface area contributed by atoms with Gasteiger partial charge >= 0.3 is 0 Å². The Bertz CT molecular complexity index is 433. The molecule has 1 unspecified atom stereocenters. The van der Waals surface area contributed by atoms with Gasteiger partial charge in [-0.3, -0.25) is 9.69 Å². The van der Waals surface area contributed by atoms with Crippen molar-refractivity contribution in [2.24, 2.45) is 5.73 Å². The van der Waals surface area contributed by atoms with E-state index >= 15 is 0 Å². The number of hydrogen-bond donors (Lipinski definition) is 2. The molecule has 1 aliphatic heterocycles. The van der Waals surface area contributed by atoms with Gasteiger partial charge in [0.1, 0.15) is 18.5 Å². The van der Waals surface area contributed by atoms with Crippen molar-refractivity contribution in [1.29, 1.82) is 0 Å². The third kappa shape index (κ3) is 5.00. The lowest BCUT2D eigenvalue weighted by atomic mass is 10.2. The van der Waals surface area contributed by atoms with Crippen LogP contribution in [0.15, 0.2) is 30.3 Å². The molecule has 2 rings (SSSR count). The number of ether oxygens (including phenoxy) is 1. The van der Waals surface area contributed by atoms with Crippen LogP contribution in [0.2, 0.25) is 0 Å². The Morgan fingerprint density at radius 1 is 1.24 bits per heavy atom. The van der Waals surface area contributed by atoms with E-state index in [0.29, 0.717) is 19.6 Å². The molecule has 21 heavy (non-hydrogen) atoms. The van der Waals surface area contributed by atoms with Gasteiger partial charge in [0, 0.05) is 32.7 Å². The number of aliphatic hydroxyl groups excluding tert-OH is 1. The summed E-state index contributed by atoms with van der Waals surface area (Å²) in [6.07, 6.45) is -0.540. The SMILES string of the molecule is NCC(=O)N1CCN(CC(O)COc2ccccc2)CC1. The van der Waals surface area contributed by atoms with E-state index in [1.165, 1.54) is 0 Å². The van der Waals surface area contributed by atoms with E-state index in [-0.39, 0.29) is 19.1 Å². The number of amides is 1. The Balaban J connectivity index is 1.67. The summed E-state index contributed by atoms with van der Waals surface area (Å²) in [6, 6.07) is 9.45. The lowest BCUT2D eigenvalue weighted by Crippen LogP contribution is -2.52. The first kappa shape index (κ1) is 15.8. The molecule has 6 heteroatoms. The molecule has 0 spiro atoms. The van der Waals surface area contributed by atoms with Gasteiger partial charge in [0.25, 0.3) is 0 Å². The minimum atomic E-state index is -0.540. The zero-order valence-corrected chi connectivity index (χ0v) is 12.1. The summed E-state index contributed by atoms with van der Waals surface area (Å²) in [6.45, 7) is 3.74. The van der Waals surface area contributed by atoms with Crippen LogP contribution < -0.4 is 10.5 Å². The summed E-state index contributed by atoms with van der Waals surface area (Å²) >= 11 is 0. The van der Waals surface area contributed by atoms with Crippen molar-refractivity contribution in [3.8, 4) is 5.75 Å². The zero-order valence-electron chi connectivity index (χ0n) is 12.1. The molecule has 0 bridgehead atoms. The predicted molar refractivity (Wildman–Crippen MR) is 80.0 cm³/mol. The van der Waals surface area contributed by atoms with Crippen molar-refractivity contribution < 1.29 is 14.6 Å². The Morgan fingerprint density at radius 3 is 2.52 bits per heavy atom. The van der Waals surface area contributed by atoms with Crippen LogP contribution in [0.4, 0.5) is 0 Å². The normalized spacial score (nSPS) is 17.5. The number of rotatable bonds is 6. The minimum Gasteiger partial charge on any atom is -0.491 e. The highest BCUT2D eigenvalue weighted by molar-refractivity contribution is 5.78. The molecule has 0 aromatic heterocycles. The van der Waals surface area contributed by atoms with Crippen LogP contribution in [0, 0.1) is 0 Å². The standard InChI is InChI=1S/C15H23N3O3/c16-10-15(20)18-8-6-17(7-9-18)11-13(19)12-21-14-4-2-1-3-5-14/h1-5,13,19H,6-12,16H2. The van der Waals surface area contributed by atoms with Gasteiger partial charge in [-0.1, -0.05) is 18.2 Å². The molecule has 1 aromatic carbocycles. The molecular formula is C15H23N3O3. The maximum absolute atomic E-state index is 11.5. The van der Waals surface area contributed by atoms with Crippen LogP contribution in [0.1, 0.15) is 0 Å². The number of para-hydroxylation sites is 1. The summed E-state index contributed by atoms with van der Waals surface area (Å²) in [4.78, 5) is 15.4. The summed E-state index contributed by atoms with van der Waals surface area (Å²) in [5, 5.41) is 10.0. The monoisotopic (exact) mass is 293 g/mol. The molecule has 116 valence electrons. The molecule has 0 radical (unpaired) electrons. The van der Waals surface area contributed by atoms with Crippen molar-refractivity contribution in [2.75, 3.05) is 45.9 Å². The maximum Gasteiger partial charge on any atom is 0.236 e. The zero-order chi connectivity index (χ0) is 15.1. The van der Waals surface area contributed by atoms with E-state index in [2.05, 4.69) is 4.90 Å². The Morgan fingerprint density at radius 2 is 1.90 bits per heavy atom. The molecule has 0 aliphatic carbocycles. The largest absolute Gasteiger partial charge is 0.491 e. The maximum atomic E-state index is 11.5. The van der Waals surface area contributed by atoms with Gasteiger partial charge in [-0.15, -0.1) is 0 Å². The van der Waals surface area contributed by atoms with Gasteiger partial charge < -0.3 is 20.5 Å². The van der Waals surface area contributed by atoms with Crippen molar-refractivity contribution in [3.63, 3.8) is 0 Å². The second-order valence-electron chi connectivity index (χ2n) is 5.16. The summed E-state index contributed by atoms with van der Waals surface area (Å²) in [5.41, 5.74) is 5.35. The Labute approximate surface area is 125 Å². The number of hydrogen-bond acceptors (Lipinski definition) is 5. The molecule has 1 saturated heterocycles. The van der Waals surface area contributed by atoms with Crippen molar-refractivity contribution in [1.82, 2.24) is 9.80 Å². The molecule has 6 nitrogen and oxygen atoms in total. The van der Waals surface area contributed by atoms with E-state index < -0.39 is 6.10 Å². The van der Waals surface area contributed by atoms with E-state index in [4.69, 9.17) is 10.5 Å². The number of nitrogens with zero attached hydrogens (tertiary/aromatic N) is 2. The van der Waals surface area contributed by atoms with Crippen molar-refractivity contribution in [3.05, 3.63) is 30.3 Å². The highest BCUT2D eigenvalue weighted by Crippen LogP contribution is 2.09. The van der Waals surface area contributed by atoms with Crippen LogP contribution in [0.5, 0.6) is 5.75 Å². The van der Waals surface area contributed by atoms with Gasteiger partial charge in [0.05, 0.1) is 6.54 Å². The summed E-state index contributed by atoms with van der Waals surface area (Å²) < 4.78 is 5.53. The first-order chi connectivity index (χ1) is 10.2. The summed E-state index contributed by atoms with van der Waals surface area (Å²) in [7, 11) is 0. The topological polar surface area (TPSA) is 79.0 Å². The fraction of sp³-hybridized carbons (Fsp3) is 0.533. The van der Waals surface area contributed by atoms with Gasteiger partial charge in [-0.05, 0) is 12.1 Å². The van der Waals surface area contributed by atoms with E-state index in [1.807, 2.05) is 30.3 Å². The summed E-state index contributed by atoms with van der Waals surface area (Å²) in [5.74, 6) is 0.748. The van der Waals surface area contributed by atoms with Crippen LogP contribution in [0.25, 0.3) is 0 Å². The van der Waals surface area contributed by atoms with Gasteiger partial charge in [0.2, 0.25) is 5.91 Å². The molecule has 3 N–H and O–H groups in total. The highest BCUT2D eigenvalue weighted by Gasteiger charge is 2.21. The lowest BCUT2D eigenvalue weighted by Gasteiger charge is -2.35. The molecule has 0 saturated carbocycles. The molecule has 1 aliphatic rings. The average molecular weight is 293 g/mol. The second-order valence-corrected chi connectivity index (χ2v) is 5.16. The quantitative estimate of drug-likeness (QED) is 0.741. The van der Waals surface area contributed by atoms with E-state index in [9.17, 15) is 9.90 Å². The van der Waals surface area contributed by atoms with Crippen molar-refractivity contribution >= 4 is 5.91 Å². The predicted octanol–water partition coefficient (Wildman–Crippen LogP) is -0.471. The first-order valence-electron chi connectivity index (χ1n) is 7.25. The third-order valence-electron chi connectivity index (χ3n) is 3.55. The van der Waals surface area contributed by atoms with Crippen LogP contribution in [-0.2, 0) is 4.79 Å². The number of benzene rings is 1. The fourth-order valence-electron chi connectivity index (χ4n) is 2.37. The number of β-amino-alcohol motifs (C(OH)–C–C–N with tert-alkyl or cyclic N) is 1. The van der Waals surface area contributed by atoms with E-state index in [0.717, 1.165) is 18.8 Å². The van der Waals surface area contributed by atoms with Gasteiger partial charge in [-0.2, -0.15) is 0 Å². The number of carbonyl (C=O) groups is 1. The van der Waals surface area contributed by atoms with Crippen molar-refractivity contribution in [2.45, 2.75) is 6.10 Å². The second kappa shape index (κ2) is 7.97. The van der Waals surface area contributed by atoms with E-state index in [1.54, 1.807) is 4.90 Å². The minimum absolute atomic E-state index is 0.0115. The fourth-order valence-corrected chi connectivity index (χ4v) is 2.37. The third-order valence-corrected chi connectivity index (χ3v) is 3.55. The number of piperazine rings is 1. The van der Waals surface area contributed by atoms with Gasteiger partial charge in [0.15, 0.2) is 0 Å². The van der Waals surface area contributed by atoms with Gasteiger partial charge in [-0.25, -0.2) is 0 Å². The number of carbonyl (C=O) groups excluding carboxylic acids is 1. The highest BCUT2D eigenvalue weighted by atomic mass is 16.5. The van der Waals surface area contributed by atoms with Crippen LogP contribution in [-0.4, -0.2) is 72.8 Å². The molecular weight excluding hydrogens is 270 g/mol. The number of nitrogens with two attached hydrogens (primary N) is 1. The first-order valence-corrected chi connectivity index (χ1v) is 7.25. The smallest absolute Gasteiger partial charge is 0.236 e. The Kier molecular flexibility index (Phi) is 5.98. The molecule has 1 aromatic rings. The molecule has 1 fully saturated rings. The Hall–Kier alpha value is -1.63. The average Bonchev–Trinajstić information content (AvgIpc) is 2.54. The lowest BCUT2D eigenvalue weighted by molar-refractivity contribution is -0.131. The number of aliphatic hydroxyl groups is 1. The molecule has 1 atom stereocenters. The molecule has 1 amide bonds. The molecule has 1 heterocycles. The van der Waals surface area contributed by atoms with Crippen LogP contribution >= 0.6 is 0 Å².